The van der Waals surface area contributed by atoms with Gasteiger partial charge in [0.25, 0.3) is 0 Å². The number of allylic oxidation sites excluding steroid dienone is 1. The Kier molecular flexibility index (Phi) is 4.10. The third-order valence-electron chi connectivity index (χ3n) is 4.54. The van der Waals surface area contributed by atoms with E-state index in [0.717, 1.165) is 38.6 Å². The average molecular weight is 250 g/mol. The van der Waals surface area contributed by atoms with Gasteiger partial charge in [-0.15, -0.1) is 0 Å². The fraction of sp³-hybridized carbons (Fsp3) is 0.800. The average Bonchev–Trinajstić information content (AvgIpc) is 2.32. The maximum atomic E-state index is 12.2. The zero-order chi connectivity index (χ0) is 13.3. The molecule has 0 spiro atoms. The highest BCUT2D eigenvalue weighted by Crippen LogP contribution is 2.38. The Labute approximate surface area is 111 Å². The summed E-state index contributed by atoms with van der Waals surface area (Å²) in [7, 11) is 4.04. The van der Waals surface area contributed by atoms with Crippen LogP contribution in [0, 0.1) is 5.92 Å². The van der Waals surface area contributed by atoms with Crippen molar-refractivity contribution in [2.45, 2.75) is 51.1 Å². The second-order valence-corrected chi connectivity index (χ2v) is 6.01. The number of ketones is 1. The number of rotatable bonds is 3. The fourth-order valence-electron chi connectivity index (χ4n) is 3.55. The summed E-state index contributed by atoms with van der Waals surface area (Å²) in [5, 5.41) is 0. The first-order chi connectivity index (χ1) is 8.54. The molecular weight excluding hydrogens is 224 g/mol. The zero-order valence-electron chi connectivity index (χ0n) is 12.0. The van der Waals surface area contributed by atoms with Gasteiger partial charge >= 0.3 is 0 Å². The lowest BCUT2D eigenvalue weighted by atomic mass is 9.74. The van der Waals surface area contributed by atoms with Gasteiger partial charge in [-0.3, -0.25) is 9.69 Å². The van der Waals surface area contributed by atoms with Crippen LogP contribution in [0.4, 0.5) is 0 Å². The molecule has 3 heteroatoms. The lowest BCUT2D eigenvalue weighted by Gasteiger charge is -2.48. The second kappa shape index (κ2) is 5.43. The number of likely N-dealkylation sites (N-methyl/N-ethyl adjacent to an activating group) is 1. The molecule has 18 heavy (non-hydrogen) atoms. The predicted molar refractivity (Wildman–Crippen MR) is 74.4 cm³/mol. The van der Waals surface area contributed by atoms with Gasteiger partial charge in [-0.25, -0.2) is 0 Å². The van der Waals surface area contributed by atoms with E-state index >= 15 is 0 Å². The van der Waals surface area contributed by atoms with Crippen molar-refractivity contribution >= 4 is 5.78 Å². The highest BCUT2D eigenvalue weighted by molar-refractivity contribution is 5.85. The summed E-state index contributed by atoms with van der Waals surface area (Å²) in [5.74, 6) is 0.996. The minimum absolute atomic E-state index is 0.108. The van der Waals surface area contributed by atoms with Gasteiger partial charge in [0.2, 0.25) is 0 Å². The first-order valence-corrected chi connectivity index (χ1v) is 7.18. The van der Waals surface area contributed by atoms with Gasteiger partial charge in [0.15, 0.2) is 0 Å². The Morgan fingerprint density at radius 2 is 2.17 bits per heavy atom. The number of hydrogen-bond donors (Lipinski definition) is 0. The molecule has 0 amide bonds. The van der Waals surface area contributed by atoms with Crippen molar-refractivity contribution in [3.63, 3.8) is 0 Å². The highest BCUT2D eigenvalue weighted by atomic mass is 16.1. The van der Waals surface area contributed by atoms with Crippen LogP contribution in [0.15, 0.2) is 12.3 Å². The highest BCUT2D eigenvalue weighted by Gasteiger charge is 2.41. The molecule has 0 N–H and O–H groups in total. The van der Waals surface area contributed by atoms with E-state index < -0.39 is 0 Å². The van der Waals surface area contributed by atoms with Crippen LogP contribution in [0.25, 0.3) is 0 Å². The molecule has 0 radical (unpaired) electrons. The monoisotopic (exact) mass is 250 g/mol. The maximum Gasteiger partial charge on any atom is 0.150 e. The van der Waals surface area contributed by atoms with Crippen molar-refractivity contribution < 1.29 is 4.79 Å². The van der Waals surface area contributed by atoms with E-state index in [1.807, 2.05) is 14.1 Å². The van der Waals surface area contributed by atoms with Gasteiger partial charge in [-0.05, 0) is 45.7 Å². The number of Topliss-reactive ketones (excluding diaryl/α,β-unsaturated/α-hetero) is 1. The van der Waals surface area contributed by atoms with Crippen molar-refractivity contribution in [1.29, 1.82) is 0 Å². The summed E-state index contributed by atoms with van der Waals surface area (Å²) in [6.45, 7) is 7.53. The van der Waals surface area contributed by atoms with Crippen LogP contribution in [0.5, 0.6) is 0 Å². The summed E-state index contributed by atoms with van der Waals surface area (Å²) in [6.07, 6.45) is 5.12. The first-order valence-electron chi connectivity index (χ1n) is 7.18. The third-order valence-corrected chi connectivity index (χ3v) is 4.54. The molecule has 3 atom stereocenters. The lowest BCUT2D eigenvalue weighted by Crippen LogP contribution is -2.54. The number of likely N-dealkylation sites (tertiary alicyclic amines) is 1. The van der Waals surface area contributed by atoms with E-state index in [0.29, 0.717) is 17.7 Å². The topological polar surface area (TPSA) is 23.6 Å². The number of piperidine rings is 1. The summed E-state index contributed by atoms with van der Waals surface area (Å²) in [5.41, 5.74) is 1.28. The van der Waals surface area contributed by atoms with Gasteiger partial charge in [-0.2, -0.15) is 0 Å². The summed E-state index contributed by atoms with van der Waals surface area (Å²) >= 11 is 0. The van der Waals surface area contributed by atoms with Gasteiger partial charge < -0.3 is 4.90 Å². The molecule has 2 fully saturated rings. The largest absolute Gasteiger partial charge is 0.372 e. The predicted octanol–water partition coefficient (Wildman–Crippen LogP) is 2.28. The van der Waals surface area contributed by atoms with Gasteiger partial charge in [0.05, 0.1) is 6.04 Å². The number of nitrogens with zero attached hydrogens (tertiary/aromatic N) is 2. The Hall–Kier alpha value is -0.830. The van der Waals surface area contributed by atoms with Crippen LogP contribution in [0.2, 0.25) is 0 Å². The molecule has 2 aliphatic rings. The molecule has 1 heterocycles. The molecule has 102 valence electrons. The molecule has 3 unspecified atom stereocenters. The second-order valence-electron chi connectivity index (χ2n) is 6.01. The van der Waals surface area contributed by atoms with Crippen molar-refractivity contribution in [1.82, 2.24) is 9.80 Å². The van der Waals surface area contributed by atoms with Crippen LogP contribution in [-0.2, 0) is 4.79 Å². The van der Waals surface area contributed by atoms with Crippen LogP contribution in [0.1, 0.15) is 39.0 Å². The molecule has 1 saturated heterocycles. The van der Waals surface area contributed by atoms with Gasteiger partial charge in [0.1, 0.15) is 5.78 Å². The smallest absolute Gasteiger partial charge is 0.150 e. The molecular formula is C15H26N2O. The third kappa shape index (κ3) is 2.46. The Morgan fingerprint density at radius 3 is 2.78 bits per heavy atom. The maximum absolute atomic E-state index is 12.2. The first kappa shape index (κ1) is 13.6. The molecule has 2 rings (SSSR count). The molecule has 3 nitrogen and oxygen atoms in total. The van der Waals surface area contributed by atoms with E-state index in [4.69, 9.17) is 0 Å². The quantitative estimate of drug-likeness (QED) is 0.768. The van der Waals surface area contributed by atoms with Gasteiger partial charge in [0, 0.05) is 24.7 Å². The number of carbonyl (C=O) groups is 1. The van der Waals surface area contributed by atoms with E-state index in [1.165, 1.54) is 5.70 Å². The molecule has 0 aromatic rings. The summed E-state index contributed by atoms with van der Waals surface area (Å²) in [6, 6.07) is 0.646. The normalized spacial score (nSPS) is 32.9. The van der Waals surface area contributed by atoms with E-state index in [2.05, 4.69) is 23.3 Å². The molecule has 1 saturated carbocycles. The number of hydrogen-bond acceptors (Lipinski definition) is 3. The molecule has 0 aromatic heterocycles. The van der Waals surface area contributed by atoms with Crippen LogP contribution >= 0.6 is 0 Å². The Balaban J connectivity index is 2.15. The van der Waals surface area contributed by atoms with Crippen LogP contribution in [-0.4, -0.2) is 48.3 Å². The van der Waals surface area contributed by atoms with Crippen LogP contribution in [0.3, 0.4) is 0 Å². The lowest BCUT2D eigenvalue weighted by molar-refractivity contribution is -0.129. The van der Waals surface area contributed by atoms with E-state index in [9.17, 15) is 4.79 Å². The van der Waals surface area contributed by atoms with Crippen molar-refractivity contribution in [2.24, 2.45) is 5.92 Å². The SMILES string of the molecule is C=C1CCC2CC(=O)C(N(C)C)CC2N1CCC. The van der Waals surface area contributed by atoms with E-state index in [-0.39, 0.29) is 6.04 Å². The molecule has 0 bridgehead atoms. The number of carbonyl (C=O) groups excluding carboxylic acids is 1. The Bertz CT molecular complexity index is 337. The van der Waals surface area contributed by atoms with Crippen molar-refractivity contribution in [2.75, 3.05) is 20.6 Å². The summed E-state index contributed by atoms with van der Waals surface area (Å²) in [4.78, 5) is 16.7. The standard InChI is InChI=1S/C15H26N2O/c1-5-8-17-11(2)6-7-12-9-15(18)14(16(3)4)10-13(12)17/h12-14H,2,5-10H2,1,3-4H3. The minimum atomic E-state index is 0.108. The van der Waals surface area contributed by atoms with E-state index in [1.54, 1.807) is 0 Å². The Morgan fingerprint density at radius 1 is 1.44 bits per heavy atom. The minimum Gasteiger partial charge on any atom is -0.372 e. The van der Waals surface area contributed by atoms with Crippen LogP contribution < -0.4 is 0 Å². The van der Waals surface area contributed by atoms with Gasteiger partial charge in [-0.1, -0.05) is 13.5 Å². The molecule has 1 aliphatic carbocycles. The zero-order valence-corrected chi connectivity index (χ0v) is 12.0. The molecule has 1 aliphatic heterocycles. The fourth-order valence-corrected chi connectivity index (χ4v) is 3.55. The van der Waals surface area contributed by atoms with Crippen molar-refractivity contribution in [3.8, 4) is 0 Å². The van der Waals surface area contributed by atoms with Crippen molar-refractivity contribution in [3.05, 3.63) is 12.3 Å². The summed E-state index contributed by atoms with van der Waals surface area (Å²) < 4.78 is 0. The molecule has 0 aromatic carbocycles. The number of fused-ring (bicyclic) bond motifs is 1.